The number of hydrogen-bond acceptors (Lipinski definition) is 5. The first kappa shape index (κ1) is 8.49. The molecule has 0 fully saturated rings. The lowest BCUT2D eigenvalue weighted by atomic mass is 10.1. The topological polar surface area (TPSA) is 95.6 Å². The molecule has 2 aromatic rings. The molecular formula is C8H10N6. The molecular weight excluding hydrogens is 180 g/mol. The fourth-order valence-electron chi connectivity index (χ4n) is 1.24. The van der Waals surface area contributed by atoms with Gasteiger partial charge in [-0.2, -0.15) is 0 Å². The van der Waals surface area contributed by atoms with Crippen LogP contribution >= 0.6 is 0 Å². The second-order valence-electron chi connectivity index (χ2n) is 2.93. The summed E-state index contributed by atoms with van der Waals surface area (Å²) in [7, 11) is 1.75. The number of nitrogens with two attached hydrogens (primary N) is 2. The highest BCUT2D eigenvalue weighted by molar-refractivity contribution is 5.81. The summed E-state index contributed by atoms with van der Waals surface area (Å²) >= 11 is 0. The number of tetrazole rings is 1. The fraction of sp³-hybridized carbons (Fsp3) is 0.125. The second kappa shape index (κ2) is 2.99. The molecule has 6 heteroatoms. The molecule has 1 aromatic carbocycles. The van der Waals surface area contributed by atoms with Crippen molar-refractivity contribution in [1.82, 2.24) is 20.2 Å². The lowest BCUT2D eigenvalue weighted by Crippen LogP contribution is -2.01. The van der Waals surface area contributed by atoms with Crippen molar-refractivity contribution in [2.75, 3.05) is 11.5 Å². The molecule has 14 heavy (non-hydrogen) atoms. The molecule has 1 heterocycles. The summed E-state index contributed by atoms with van der Waals surface area (Å²) in [5, 5.41) is 11.1. The number of benzene rings is 1. The molecule has 0 atom stereocenters. The molecule has 0 amide bonds. The van der Waals surface area contributed by atoms with Crippen molar-refractivity contribution < 1.29 is 0 Å². The van der Waals surface area contributed by atoms with Gasteiger partial charge < -0.3 is 11.5 Å². The summed E-state index contributed by atoms with van der Waals surface area (Å²) in [5.74, 6) is 0.606. The van der Waals surface area contributed by atoms with Gasteiger partial charge in [-0.05, 0) is 22.6 Å². The van der Waals surface area contributed by atoms with Gasteiger partial charge in [-0.25, -0.2) is 4.68 Å². The van der Waals surface area contributed by atoms with Gasteiger partial charge in [-0.3, -0.25) is 0 Å². The van der Waals surface area contributed by atoms with Crippen LogP contribution in [0.5, 0.6) is 0 Å². The van der Waals surface area contributed by atoms with Crippen LogP contribution in [0.1, 0.15) is 0 Å². The van der Waals surface area contributed by atoms with E-state index in [0.717, 1.165) is 5.56 Å². The molecule has 2 rings (SSSR count). The second-order valence-corrected chi connectivity index (χ2v) is 2.93. The Morgan fingerprint density at radius 3 is 2.71 bits per heavy atom. The Bertz CT molecular complexity index is 461. The lowest BCUT2D eigenvalue weighted by Gasteiger charge is -2.05. The van der Waals surface area contributed by atoms with Gasteiger partial charge in [0.2, 0.25) is 0 Å². The van der Waals surface area contributed by atoms with Gasteiger partial charge in [0, 0.05) is 12.6 Å². The number of rotatable bonds is 1. The van der Waals surface area contributed by atoms with E-state index in [-0.39, 0.29) is 0 Å². The van der Waals surface area contributed by atoms with Gasteiger partial charge in [0.05, 0.1) is 11.4 Å². The first-order valence-corrected chi connectivity index (χ1v) is 4.07. The quantitative estimate of drug-likeness (QED) is 0.619. The minimum absolute atomic E-state index is 0.505. The van der Waals surface area contributed by atoms with Crippen molar-refractivity contribution in [2.45, 2.75) is 0 Å². The Kier molecular flexibility index (Phi) is 1.81. The van der Waals surface area contributed by atoms with E-state index in [1.807, 2.05) is 12.1 Å². The summed E-state index contributed by atoms with van der Waals surface area (Å²) in [4.78, 5) is 0. The molecule has 4 N–H and O–H groups in total. The zero-order chi connectivity index (χ0) is 10.1. The Hall–Kier alpha value is -2.11. The molecule has 1 aromatic heterocycles. The molecule has 72 valence electrons. The number of anilines is 2. The van der Waals surface area contributed by atoms with Crippen molar-refractivity contribution in [3.8, 4) is 11.4 Å². The van der Waals surface area contributed by atoms with Crippen LogP contribution in [-0.4, -0.2) is 20.2 Å². The van der Waals surface area contributed by atoms with E-state index in [1.54, 1.807) is 17.8 Å². The van der Waals surface area contributed by atoms with E-state index in [1.165, 1.54) is 0 Å². The lowest BCUT2D eigenvalue weighted by molar-refractivity contribution is 0.715. The average Bonchev–Trinajstić information content (AvgIpc) is 2.57. The number of aromatic nitrogens is 4. The first-order valence-electron chi connectivity index (χ1n) is 4.07. The predicted molar refractivity (Wildman–Crippen MR) is 53.1 cm³/mol. The molecule has 0 saturated carbocycles. The van der Waals surface area contributed by atoms with Crippen LogP contribution in [-0.2, 0) is 7.05 Å². The van der Waals surface area contributed by atoms with Crippen LogP contribution in [0.25, 0.3) is 11.4 Å². The van der Waals surface area contributed by atoms with E-state index in [2.05, 4.69) is 15.5 Å². The number of hydrogen-bond donors (Lipinski definition) is 2. The largest absolute Gasteiger partial charge is 0.397 e. The van der Waals surface area contributed by atoms with Crippen molar-refractivity contribution in [3.63, 3.8) is 0 Å². The minimum atomic E-state index is 0.505. The molecule has 0 aliphatic carbocycles. The summed E-state index contributed by atoms with van der Waals surface area (Å²) < 4.78 is 1.55. The molecule has 0 radical (unpaired) electrons. The number of nitrogens with zero attached hydrogens (tertiary/aromatic N) is 4. The maximum absolute atomic E-state index is 5.81. The molecule has 0 spiro atoms. The molecule has 0 aliphatic heterocycles. The maximum Gasteiger partial charge on any atom is 0.183 e. The number of para-hydroxylation sites is 1. The highest BCUT2D eigenvalue weighted by atomic mass is 15.5. The maximum atomic E-state index is 5.81. The minimum Gasteiger partial charge on any atom is -0.397 e. The Morgan fingerprint density at radius 1 is 1.29 bits per heavy atom. The summed E-state index contributed by atoms with van der Waals surface area (Å²) in [6.07, 6.45) is 0. The smallest absolute Gasteiger partial charge is 0.183 e. The van der Waals surface area contributed by atoms with Gasteiger partial charge in [-0.1, -0.05) is 6.07 Å². The third-order valence-electron chi connectivity index (χ3n) is 2.00. The van der Waals surface area contributed by atoms with E-state index in [4.69, 9.17) is 11.5 Å². The fourth-order valence-corrected chi connectivity index (χ4v) is 1.24. The van der Waals surface area contributed by atoms with Crippen molar-refractivity contribution >= 4 is 11.4 Å². The van der Waals surface area contributed by atoms with Crippen molar-refractivity contribution in [1.29, 1.82) is 0 Å². The molecule has 0 saturated heterocycles. The van der Waals surface area contributed by atoms with Gasteiger partial charge >= 0.3 is 0 Å². The van der Waals surface area contributed by atoms with Crippen LogP contribution in [0.15, 0.2) is 18.2 Å². The molecule has 6 nitrogen and oxygen atoms in total. The van der Waals surface area contributed by atoms with E-state index in [9.17, 15) is 0 Å². The first-order chi connectivity index (χ1) is 6.70. The standard InChI is InChI=1S/C8H10N6/c1-14-8(11-12-13-14)5-3-2-4-6(9)7(5)10/h2-4H,9-10H2,1H3. The zero-order valence-corrected chi connectivity index (χ0v) is 7.68. The third kappa shape index (κ3) is 1.17. The third-order valence-corrected chi connectivity index (χ3v) is 2.00. The summed E-state index contributed by atoms with van der Waals surface area (Å²) in [6.45, 7) is 0. The summed E-state index contributed by atoms with van der Waals surface area (Å²) in [6, 6.07) is 5.38. The van der Waals surface area contributed by atoms with Gasteiger partial charge in [0.25, 0.3) is 0 Å². The van der Waals surface area contributed by atoms with Crippen LogP contribution < -0.4 is 11.5 Å². The van der Waals surface area contributed by atoms with Gasteiger partial charge in [0.15, 0.2) is 5.82 Å². The van der Waals surface area contributed by atoms with Gasteiger partial charge in [-0.15, -0.1) is 5.10 Å². The van der Waals surface area contributed by atoms with Gasteiger partial charge in [0.1, 0.15) is 0 Å². The Morgan fingerprint density at radius 2 is 2.07 bits per heavy atom. The van der Waals surface area contributed by atoms with Crippen LogP contribution in [0, 0.1) is 0 Å². The van der Waals surface area contributed by atoms with Crippen LogP contribution in [0.2, 0.25) is 0 Å². The predicted octanol–water partition coefficient (Wildman–Crippen LogP) is 0.0415. The van der Waals surface area contributed by atoms with Crippen LogP contribution in [0.3, 0.4) is 0 Å². The molecule has 0 bridgehead atoms. The highest BCUT2D eigenvalue weighted by Gasteiger charge is 2.10. The van der Waals surface area contributed by atoms with Crippen LogP contribution in [0.4, 0.5) is 11.4 Å². The highest BCUT2D eigenvalue weighted by Crippen LogP contribution is 2.27. The average molecular weight is 190 g/mol. The Labute approximate surface area is 80.5 Å². The van der Waals surface area contributed by atoms with E-state index >= 15 is 0 Å². The number of nitrogen functional groups attached to an aromatic ring is 2. The van der Waals surface area contributed by atoms with Crippen molar-refractivity contribution in [2.24, 2.45) is 7.05 Å². The summed E-state index contributed by atoms with van der Waals surface area (Å²) in [5.41, 5.74) is 13.3. The molecule has 0 aliphatic rings. The van der Waals surface area contributed by atoms with E-state index < -0.39 is 0 Å². The SMILES string of the molecule is Cn1nnnc1-c1cccc(N)c1N. The Balaban J connectivity index is 2.63. The zero-order valence-electron chi connectivity index (χ0n) is 7.68. The normalized spacial score (nSPS) is 10.4. The van der Waals surface area contributed by atoms with E-state index in [0.29, 0.717) is 17.2 Å². The molecule has 0 unspecified atom stereocenters. The van der Waals surface area contributed by atoms with Crippen molar-refractivity contribution in [3.05, 3.63) is 18.2 Å². The number of aryl methyl sites for hydroxylation is 1. The monoisotopic (exact) mass is 190 g/mol.